The highest BCUT2D eigenvalue weighted by molar-refractivity contribution is 5.89. The Bertz CT molecular complexity index is 908. The number of amides is 2. The van der Waals surface area contributed by atoms with Crippen molar-refractivity contribution in [1.82, 2.24) is 20.1 Å². The van der Waals surface area contributed by atoms with E-state index < -0.39 is 0 Å². The molecule has 2 N–H and O–H groups in total. The van der Waals surface area contributed by atoms with Crippen molar-refractivity contribution >= 4 is 11.7 Å². The molecule has 0 radical (unpaired) electrons. The van der Waals surface area contributed by atoms with Crippen LogP contribution in [0.25, 0.3) is 11.4 Å². The summed E-state index contributed by atoms with van der Waals surface area (Å²) in [5.74, 6) is 0. The standard InChI is InChI=1S/C21H25N5O/c1-21(2,3)15-8-10-16(11-9-15)24-20(27)23-14-17-13-19(26(4)25-17)18-7-5-6-12-22-18/h5-13H,14H2,1-4H3,(H2,23,24,27). The van der Waals surface area contributed by atoms with E-state index in [2.05, 4.69) is 41.5 Å². The van der Waals surface area contributed by atoms with Crippen LogP contribution in [0.5, 0.6) is 0 Å². The summed E-state index contributed by atoms with van der Waals surface area (Å²) in [7, 11) is 1.87. The van der Waals surface area contributed by atoms with Gasteiger partial charge in [-0.25, -0.2) is 4.79 Å². The molecule has 0 aliphatic heterocycles. The van der Waals surface area contributed by atoms with E-state index in [-0.39, 0.29) is 11.4 Å². The van der Waals surface area contributed by atoms with Gasteiger partial charge in [0, 0.05) is 18.9 Å². The average molecular weight is 363 g/mol. The van der Waals surface area contributed by atoms with Crippen molar-refractivity contribution in [2.75, 3.05) is 5.32 Å². The summed E-state index contributed by atoms with van der Waals surface area (Å²) in [5, 5.41) is 10.1. The molecule has 0 spiro atoms. The van der Waals surface area contributed by atoms with Crippen molar-refractivity contribution in [3.8, 4) is 11.4 Å². The van der Waals surface area contributed by atoms with Gasteiger partial charge in [0.2, 0.25) is 0 Å². The Morgan fingerprint density at radius 3 is 2.48 bits per heavy atom. The van der Waals surface area contributed by atoms with Crippen molar-refractivity contribution in [1.29, 1.82) is 0 Å². The second-order valence-electron chi connectivity index (χ2n) is 7.49. The van der Waals surface area contributed by atoms with E-state index in [1.165, 1.54) is 5.56 Å². The van der Waals surface area contributed by atoms with Crippen molar-refractivity contribution in [3.05, 3.63) is 66.0 Å². The molecule has 0 saturated heterocycles. The van der Waals surface area contributed by atoms with E-state index in [0.29, 0.717) is 6.54 Å². The van der Waals surface area contributed by atoms with Gasteiger partial charge in [-0.15, -0.1) is 0 Å². The van der Waals surface area contributed by atoms with E-state index in [1.807, 2.05) is 55.6 Å². The zero-order chi connectivity index (χ0) is 19.4. The normalized spacial score (nSPS) is 11.3. The third-order valence-electron chi connectivity index (χ3n) is 4.30. The SMILES string of the molecule is Cn1nc(CNC(=O)Nc2ccc(C(C)(C)C)cc2)cc1-c1ccccn1. The lowest BCUT2D eigenvalue weighted by molar-refractivity contribution is 0.251. The second-order valence-corrected chi connectivity index (χ2v) is 7.49. The second kappa shape index (κ2) is 7.61. The van der Waals surface area contributed by atoms with Gasteiger partial charge in [-0.05, 0) is 41.3 Å². The van der Waals surface area contributed by atoms with Crippen LogP contribution in [0.3, 0.4) is 0 Å². The molecule has 2 amide bonds. The van der Waals surface area contributed by atoms with Crippen molar-refractivity contribution in [3.63, 3.8) is 0 Å². The van der Waals surface area contributed by atoms with Crippen LogP contribution in [0, 0.1) is 0 Å². The molecule has 27 heavy (non-hydrogen) atoms. The first kappa shape index (κ1) is 18.6. The maximum Gasteiger partial charge on any atom is 0.319 e. The molecule has 0 saturated carbocycles. The number of carbonyl (C=O) groups is 1. The molecule has 0 fully saturated rings. The lowest BCUT2D eigenvalue weighted by atomic mass is 9.87. The lowest BCUT2D eigenvalue weighted by Crippen LogP contribution is -2.28. The van der Waals surface area contributed by atoms with Crippen molar-refractivity contribution in [2.24, 2.45) is 7.05 Å². The first-order valence-corrected chi connectivity index (χ1v) is 8.92. The minimum atomic E-state index is -0.261. The monoisotopic (exact) mass is 363 g/mol. The third-order valence-corrected chi connectivity index (χ3v) is 4.30. The van der Waals surface area contributed by atoms with Crippen LogP contribution in [0.4, 0.5) is 10.5 Å². The number of urea groups is 1. The largest absolute Gasteiger partial charge is 0.332 e. The van der Waals surface area contributed by atoms with E-state index in [4.69, 9.17) is 0 Å². The number of hydrogen-bond donors (Lipinski definition) is 2. The number of anilines is 1. The van der Waals surface area contributed by atoms with Crippen LogP contribution in [0.15, 0.2) is 54.7 Å². The third kappa shape index (κ3) is 4.73. The highest BCUT2D eigenvalue weighted by atomic mass is 16.2. The van der Waals surface area contributed by atoms with Crippen LogP contribution in [-0.4, -0.2) is 20.8 Å². The minimum Gasteiger partial charge on any atom is -0.332 e. The van der Waals surface area contributed by atoms with Gasteiger partial charge in [0.15, 0.2) is 0 Å². The van der Waals surface area contributed by atoms with Gasteiger partial charge in [0.1, 0.15) is 0 Å². The number of hydrogen-bond acceptors (Lipinski definition) is 3. The average Bonchev–Trinajstić information content (AvgIpc) is 3.01. The van der Waals surface area contributed by atoms with Gasteiger partial charge in [0.25, 0.3) is 0 Å². The summed E-state index contributed by atoms with van der Waals surface area (Å²) < 4.78 is 1.77. The van der Waals surface area contributed by atoms with Gasteiger partial charge < -0.3 is 10.6 Å². The number of aryl methyl sites for hydroxylation is 1. The topological polar surface area (TPSA) is 71.8 Å². The molecule has 0 unspecified atom stereocenters. The highest BCUT2D eigenvalue weighted by Gasteiger charge is 2.13. The molecular formula is C21H25N5O. The molecule has 1 aromatic carbocycles. The van der Waals surface area contributed by atoms with Crippen LogP contribution >= 0.6 is 0 Å². The van der Waals surface area contributed by atoms with Crippen molar-refractivity contribution < 1.29 is 4.79 Å². The minimum absolute atomic E-state index is 0.0884. The van der Waals surface area contributed by atoms with Crippen LogP contribution < -0.4 is 10.6 Å². The number of benzene rings is 1. The maximum atomic E-state index is 12.2. The number of nitrogens with zero attached hydrogens (tertiary/aromatic N) is 3. The Hall–Kier alpha value is -3.15. The smallest absolute Gasteiger partial charge is 0.319 e. The Kier molecular flexibility index (Phi) is 5.26. The molecule has 0 atom stereocenters. The maximum absolute atomic E-state index is 12.2. The number of aromatic nitrogens is 3. The summed E-state index contributed by atoms with van der Waals surface area (Å²) in [6.45, 7) is 6.82. The van der Waals surface area contributed by atoms with E-state index in [9.17, 15) is 4.79 Å². The van der Waals surface area contributed by atoms with E-state index >= 15 is 0 Å². The quantitative estimate of drug-likeness (QED) is 0.733. The summed E-state index contributed by atoms with van der Waals surface area (Å²) in [6.07, 6.45) is 1.75. The Morgan fingerprint density at radius 2 is 1.85 bits per heavy atom. The first-order chi connectivity index (χ1) is 12.8. The van der Waals surface area contributed by atoms with Gasteiger partial charge in [0.05, 0.1) is 23.6 Å². The van der Waals surface area contributed by atoms with E-state index in [0.717, 1.165) is 22.8 Å². The Balaban J connectivity index is 1.58. The number of carbonyl (C=O) groups excluding carboxylic acids is 1. The van der Waals surface area contributed by atoms with Gasteiger partial charge in [-0.2, -0.15) is 5.10 Å². The fraction of sp³-hybridized carbons (Fsp3) is 0.286. The van der Waals surface area contributed by atoms with Gasteiger partial charge in [-0.1, -0.05) is 39.0 Å². The Morgan fingerprint density at radius 1 is 1.11 bits per heavy atom. The summed E-state index contributed by atoms with van der Waals surface area (Å²) in [5.41, 5.74) is 4.61. The molecule has 0 aliphatic rings. The van der Waals surface area contributed by atoms with Gasteiger partial charge >= 0.3 is 6.03 Å². The predicted octanol–water partition coefficient (Wildman–Crippen LogP) is 4.10. The van der Waals surface area contributed by atoms with Crippen LogP contribution in [0.2, 0.25) is 0 Å². The zero-order valence-electron chi connectivity index (χ0n) is 16.2. The lowest BCUT2D eigenvalue weighted by Gasteiger charge is -2.19. The van der Waals surface area contributed by atoms with Crippen LogP contribution in [0.1, 0.15) is 32.0 Å². The summed E-state index contributed by atoms with van der Waals surface area (Å²) in [4.78, 5) is 16.5. The van der Waals surface area contributed by atoms with Crippen molar-refractivity contribution in [2.45, 2.75) is 32.7 Å². The number of pyridine rings is 1. The van der Waals surface area contributed by atoms with Gasteiger partial charge in [-0.3, -0.25) is 9.67 Å². The van der Waals surface area contributed by atoms with E-state index in [1.54, 1.807) is 10.9 Å². The molecule has 0 aliphatic carbocycles. The highest BCUT2D eigenvalue weighted by Crippen LogP contribution is 2.23. The molecule has 3 rings (SSSR count). The molecule has 2 aromatic heterocycles. The molecule has 140 valence electrons. The summed E-state index contributed by atoms with van der Waals surface area (Å²) in [6, 6.07) is 15.3. The fourth-order valence-electron chi connectivity index (χ4n) is 2.77. The number of rotatable bonds is 4. The number of nitrogens with one attached hydrogen (secondary N) is 2. The summed E-state index contributed by atoms with van der Waals surface area (Å²) >= 11 is 0. The first-order valence-electron chi connectivity index (χ1n) is 8.92. The van der Waals surface area contributed by atoms with Crippen LogP contribution in [-0.2, 0) is 19.0 Å². The Labute approximate surface area is 159 Å². The molecule has 6 nitrogen and oxygen atoms in total. The fourth-order valence-corrected chi connectivity index (χ4v) is 2.77. The molecule has 2 heterocycles. The molecule has 6 heteroatoms. The molecular weight excluding hydrogens is 338 g/mol. The molecule has 0 bridgehead atoms. The predicted molar refractivity (Wildman–Crippen MR) is 107 cm³/mol. The zero-order valence-corrected chi connectivity index (χ0v) is 16.2. The molecule has 3 aromatic rings.